The molecule has 2 aromatic carbocycles. The van der Waals surface area contributed by atoms with Crippen LogP contribution >= 0.6 is 15.9 Å². The van der Waals surface area contributed by atoms with E-state index in [1.807, 2.05) is 0 Å². The van der Waals surface area contributed by atoms with Gasteiger partial charge in [0, 0.05) is 16.9 Å². The molecule has 1 amide bonds. The molecule has 0 aliphatic rings. The lowest BCUT2D eigenvalue weighted by Gasteiger charge is -2.08. The highest BCUT2D eigenvalue weighted by Gasteiger charge is 2.13. The third kappa shape index (κ3) is 2.75. The zero-order chi connectivity index (χ0) is 14.8. The molecule has 4 nitrogen and oxygen atoms in total. The Kier molecular flexibility index (Phi) is 3.62. The van der Waals surface area contributed by atoms with Crippen molar-refractivity contribution in [1.29, 1.82) is 0 Å². The number of carbonyl (C=O) groups is 1. The second kappa shape index (κ2) is 5.57. The maximum Gasteiger partial charge on any atom is 0.258 e. The minimum Gasteiger partial charge on any atom is -0.319 e. The van der Waals surface area contributed by atoms with Crippen molar-refractivity contribution >= 4 is 38.6 Å². The summed E-state index contributed by atoms with van der Waals surface area (Å²) in [6, 6.07) is 9.54. The highest BCUT2D eigenvalue weighted by Crippen LogP contribution is 2.21. The third-order valence-corrected chi connectivity index (χ3v) is 3.42. The van der Waals surface area contributed by atoms with Crippen LogP contribution in [0.3, 0.4) is 0 Å². The van der Waals surface area contributed by atoms with Crippen molar-refractivity contribution in [3.05, 3.63) is 64.6 Å². The first-order chi connectivity index (χ1) is 10.1. The summed E-state index contributed by atoms with van der Waals surface area (Å²) in [5.41, 5.74) is 1.56. The van der Waals surface area contributed by atoms with Crippen molar-refractivity contribution in [1.82, 2.24) is 9.97 Å². The Bertz CT molecular complexity index is 833. The van der Waals surface area contributed by atoms with E-state index < -0.39 is 11.7 Å². The summed E-state index contributed by atoms with van der Waals surface area (Å²) < 4.78 is 14.4. The number of fused-ring (bicyclic) bond motifs is 1. The first-order valence-corrected chi connectivity index (χ1v) is 6.90. The molecule has 3 rings (SSSR count). The molecule has 0 bridgehead atoms. The zero-order valence-electron chi connectivity index (χ0n) is 10.7. The molecule has 0 saturated heterocycles. The highest BCUT2D eigenvalue weighted by molar-refractivity contribution is 9.10. The smallest absolute Gasteiger partial charge is 0.258 e. The molecule has 1 N–H and O–H groups in total. The van der Waals surface area contributed by atoms with Gasteiger partial charge < -0.3 is 5.32 Å². The summed E-state index contributed by atoms with van der Waals surface area (Å²) in [6.45, 7) is 0. The van der Waals surface area contributed by atoms with Gasteiger partial charge in [-0.25, -0.2) is 4.39 Å². The van der Waals surface area contributed by atoms with Crippen LogP contribution in [0.15, 0.2) is 53.3 Å². The Morgan fingerprint density at radius 1 is 1.14 bits per heavy atom. The molecule has 0 saturated carbocycles. The van der Waals surface area contributed by atoms with Gasteiger partial charge in [-0.15, -0.1) is 0 Å². The van der Waals surface area contributed by atoms with Gasteiger partial charge in [0.15, 0.2) is 0 Å². The number of para-hydroxylation sites is 1. The van der Waals surface area contributed by atoms with Crippen molar-refractivity contribution in [2.24, 2.45) is 0 Å². The normalized spacial score (nSPS) is 10.6. The van der Waals surface area contributed by atoms with E-state index in [0.717, 1.165) is 0 Å². The quantitative estimate of drug-likeness (QED) is 0.768. The van der Waals surface area contributed by atoms with Crippen LogP contribution in [0.25, 0.3) is 11.0 Å². The molecular formula is C15H9BrFN3O. The number of halogens is 2. The average Bonchev–Trinajstić information content (AvgIpc) is 2.49. The van der Waals surface area contributed by atoms with E-state index in [0.29, 0.717) is 21.1 Å². The fourth-order valence-corrected chi connectivity index (χ4v) is 2.29. The number of amides is 1. The van der Waals surface area contributed by atoms with E-state index in [4.69, 9.17) is 0 Å². The number of aromatic nitrogens is 2. The molecule has 21 heavy (non-hydrogen) atoms. The Labute approximate surface area is 128 Å². The Morgan fingerprint density at radius 2 is 1.95 bits per heavy atom. The monoisotopic (exact) mass is 345 g/mol. The second-order valence-electron chi connectivity index (χ2n) is 4.31. The first kappa shape index (κ1) is 13.6. The van der Waals surface area contributed by atoms with Crippen molar-refractivity contribution in [2.45, 2.75) is 0 Å². The van der Waals surface area contributed by atoms with Crippen LogP contribution < -0.4 is 5.32 Å². The van der Waals surface area contributed by atoms with E-state index in [-0.39, 0.29) is 5.69 Å². The third-order valence-electron chi connectivity index (χ3n) is 2.92. The lowest BCUT2D eigenvalue weighted by atomic mass is 10.1. The molecule has 0 aliphatic carbocycles. The average molecular weight is 346 g/mol. The summed E-state index contributed by atoms with van der Waals surface area (Å²) in [4.78, 5) is 20.6. The molecule has 104 valence electrons. The van der Waals surface area contributed by atoms with Crippen LogP contribution in [0.2, 0.25) is 0 Å². The van der Waals surface area contributed by atoms with Crippen molar-refractivity contribution < 1.29 is 9.18 Å². The van der Waals surface area contributed by atoms with E-state index in [2.05, 4.69) is 31.2 Å². The van der Waals surface area contributed by atoms with Gasteiger partial charge in [-0.1, -0.05) is 22.0 Å². The van der Waals surface area contributed by atoms with Gasteiger partial charge in [0.2, 0.25) is 0 Å². The molecule has 1 aromatic heterocycles. The van der Waals surface area contributed by atoms with Crippen LogP contribution in [-0.4, -0.2) is 15.9 Å². The predicted octanol–water partition coefficient (Wildman–Crippen LogP) is 3.78. The van der Waals surface area contributed by atoms with E-state index in [9.17, 15) is 9.18 Å². The summed E-state index contributed by atoms with van der Waals surface area (Å²) in [5, 5.41) is 2.54. The number of carbonyl (C=O) groups excluding carboxylic acids is 1. The van der Waals surface area contributed by atoms with Crippen LogP contribution in [-0.2, 0) is 0 Å². The van der Waals surface area contributed by atoms with Crippen LogP contribution in [0.5, 0.6) is 0 Å². The number of benzene rings is 2. The molecule has 0 spiro atoms. The minimum absolute atomic E-state index is 0.115. The molecule has 0 atom stereocenters. The van der Waals surface area contributed by atoms with Gasteiger partial charge in [-0.05, 0) is 30.3 Å². The Balaban J connectivity index is 1.97. The molecule has 0 unspecified atom stereocenters. The van der Waals surface area contributed by atoms with Gasteiger partial charge in [0.25, 0.3) is 5.91 Å². The Morgan fingerprint density at radius 3 is 2.76 bits per heavy atom. The number of nitrogens with zero attached hydrogens (tertiary/aromatic N) is 2. The molecule has 0 radical (unpaired) electrons. The van der Waals surface area contributed by atoms with Gasteiger partial charge in [0.05, 0.1) is 16.8 Å². The molecule has 0 fully saturated rings. The number of hydrogen-bond acceptors (Lipinski definition) is 3. The minimum atomic E-state index is -0.510. The number of hydrogen-bond donors (Lipinski definition) is 1. The molecule has 1 heterocycles. The van der Waals surface area contributed by atoms with Crippen molar-refractivity contribution in [3.8, 4) is 0 Å². The summed E-state index contributed by atoms with van der Waals surface area (Å²) >= 11 is 3.17. The fourth-order valence-electron chi connectivity index (χ4n) is 1.96. The van der Waals surface area contributed by atoms with Crippen molar-refractivity contribution in [2.75, 3.05) is 5.32 Å². The molecular weight excluding hydrogens is 337 g/mol. The van der Waals surface area contributed by atoms with Crippen LogP contribution in [0, 0.1) is 5.82 Å². The molecule has 6 heteroatoms. The van der Waals surface area contributed by atoms with Crippen molar-refractivity contribution in [3.63, 3.8) is 0 Å². The molecule has 3 aromatic rings. The van der Waals surface area contributed by atoms with E-state index in [1.54, 1.807) is 30.5 Å². The molecule has 0 aliphatic heterocycles. The maximum absolute atomic E-state index is 13.8. The lowest BCUT2D eigenvalue weighted by molar-refractivity contribution is 0.102. The van der Waals surface area contributed by atoms with E-state index in [1.165, 1.54) is 18.3 Å². The first-order valence-electron chi connectivity index (χ1n) is 6.11. The van der Waals surface area contributed by atoms with Crippen LogP contribution in [0.4, 0.5) is 10.1 Å². The Hall–Kier alpha value is -2.34. The lowest BCUT2D eigenvalue weighted by Crippen LogP contribution is -2.14. The van der Waals surface area contributed by atoms with Gasteiger partial charge >= 0.3 is 0 Å². The van der Waals surface area contributed by atoms with Crippen LogP contribution in [0.1, 0.15) is 10.4 Å². The number of nitrogens with one attached hydrogen (secondary N) is 1. The fraction of sp³-hybridized carbons (Fsp3) is 0. The number of anilines is 1. The van der Waals surface area contributed by atoms with Gasteiger partial charge in [0.1, 0.15) is 11.3 Å². The standard InChI is InChI=1S/C15H9BrFN3O/c16-9-4-5-12(11(17)8-9)20-15(21)10-2-1-3-13-14(10)19-7-6-18-13/h1-8H,(H,20,21). The summed E-state index contributed by atoms with van der Waals surface area (Å²) in [5.74, 6) is -0.939. The SMILES string of the molecule is O=C(Nc1ccc(Br)cc1F)c1cccc2nccnc12. The summed E-state index contributed by atoms with van der Waals surface area (Å²) in [6.07, 6.45) is 3.07. The van der Waals surface area contributed by atoms with Gasteiger partial charge in [-0.3, -0.25) is 14.8 Å². The summed E-state index contributed by atoms with van der Waals surface area (Å²) in [7, 11) is 0. The largest absolute Gasteiger partial charge is 0.319 e. The van der Waals surface area contributed by atoms with Gasteiger partial charge in [-0.2, -0.15) is 0 Å². The zero-order valence-corrected chi connectivity index (χ0v) is 12.3. The highest BCUT2D eigenvalue weighted by atomic mass is 79.9. The number of rotatable bonds is 2. The maximum atomic E-state index is 13.8. The van der Waals surface area contributed by atoms with E-state index >= 15 is 0 Å². The predicted molar refractivity (Wildman–Crippen MR) is 81.6 cm³/mol. The topological polar surface area (TPSA) is 54.9 Å². The second-order valence-corrected chi connectivity index (χ2v) is 5.22.